The molecule has 1 aliphatic heterocycles. The molecule has 3 amide bonds. The molecule has 188 valence electrons. The fourth-order valence-corrected chi connectivity index (χ4v) is 4.47. The van der Waals surface area contributed by atoms with E-state index in [0.717, 1.165) is 50.4 Å². The molecular formula is C30H36N4O2. The molecule has 0 aliphatic carbocycles. The lowest BCUT2D eigenvalue weighted by atomic mass is 10.1. The van der Waals surface area contributed by atoms with Crippen LogP contribution in [0.15, 0.2) is 84.9 Å². The van der Waals surface area contributed by atoms with Crippen molar-refractivity contribution >= 4 is 17.6 Å². The van der Waals surface area contributed by atoms with Crippen LogP contribution in [0.3, 0.4) is 0 Å². The zero-order valence-electron chi connectivity index (χ0n) is 21.1. The van der Waals surface area contributed by atoms with Gasteiger partial charge in [0.1, 0.15) is 0 Å². The average molecular weight is 485 g/mol. The van der Waals surface area contributed by atoms with E-state index in [2.05, 4.69) is 41.4 Å². The molecule has 0 bridgehead atoms. The second-order valence-electron chi connectivity index (χ2n) is 9.28. The van der Waals surface area contributed by atoms with Crippen molar-refractivity contribution < 1.29 is 9.59 Å². The number of carbonyl (C=O) groups excluding carboxylic acids is 2. The molecule has 6 heteroatoms. The maximum atomic E-state index is 13.2. The lowest BCUT2D eigenvalue weighted by molar-refractivity contribution is -0.133. The highest BCUT2D eigenvalue weighted by molar-refractivity contribution is 5.89. The van der Waals surface area contributed by atoms with Gasteiger partial charge in [-0.05, 0) is 35.2 Å². The van der Waals surface area contributed by atoms with Crippen LogP contribution in [0.5, 0.6) is 0 Å². The first-order valence-electron chi connectivity index (χ1n) is 12.8. The molecule has 0 saturated carbocycles. The summed E-state index contributed by atoms with van der Waals surface area (Å²) in [6.45, 7) is 7.02. The third-order valence-electron chi connectivity index (χ3n) is 6.69. The highest BCUT2D eigenvalue weighted by Crippen LogP contribution is 2.14. The Hall–Kier alpha value is -3.64. The van der Waals surface area contributed by atoms with Crippen molar-refractivity contribution in [3.8, 4) is 0 Å². The summed E-state index contributed by atoms with van der Waals surface area (Å²) in [5.41, 5.74) is 4.32. The van der Waals surface area contributed by atoms with Crippen LogP contribution < -0.4 is 5.32 Å². The van der Waals surface area contributed by atoms with Gasteiger partial charge in [-0.1, -0.05) is 79.7 Å². The topological polar surface area (TPSA) is 55.9 Å². The Balaban J connectivity index is 1.31. The lowest BCUT2D eigenvalue weighted by Crippen LogP contribution is -2.49. The number of carbonyl (C=O) groups is 2. The Bertz CT molecular complexity index is 1090. The molecule has 6 nitrogen and oxygen atoms in total. The summed E-state index contributed by atoms with van der Waals surface area (Å²) in [5, 5.41) is 3.00. The highest BCUT2D eigenvalue weighted by Gasteiger charge is 2.23. The standard InChI is InChI=1S/C30H36N4O2/c1-2-25-13-15-28(16-14-25)31-30(36)34(24-27-11-7-4-8-12-27)18-17-29(35)33-21-19-32(20-22-33)23-26-9-5-3-6-10-26/h3-16H,2,17-24H2,1H3,(H,31,36). The van der Waals surface area contributed by atoms with Crippen LogP contribution in [0.4, 0.5) is 10.5 Å². The largest absolute Gasteiger partial charge is 0.340 e. The number of urea groups is 1. The summed E-state index contributed by atoms with van der Waals surface area (Å²) in [4.78, 5) is 32.2. The highest BCUT2D eigenvalue weighted by atomic mass is 16.2. The quantitative estimate of drug-likeness (QED) is 0.464. The van der Waals surface area contributed by atoms with Gasteiger partial charge in [-0.2, -0.15) is 0 Å². The van der Waals surface area contributed by atoms with E-state index in [9.17, 15) is 9.59 Å². The molecule has 0 radical (unpaired) electrons. The van der Waals surface area contributed by atoms with Gasteiger partial charge in [0.15, 0.2) is 0 Å². The van der Waals surface area contributed by atoms with E-state index in [4.69, 9.17) is 0 Å². The zero-order chi connectivity index (χ0) is 25.2. The zero-order valence-corrected chi connectivity index (χ0v) is 21.1. The molecule has 1 N–H and O–H groups in total. The number of nitrogens with one attached hydrogen (secondary N) is 1. The molecule has 1 aliphatic rings. The summed E-state index contributed by atoms with van der Waals surface area (Å²) < 4.78 is 0. The molecule has 3 aromatic carbocycles. The van der Waals surface area contributed by atoms with Gasteiger partial charge >= 0.3 is 6.03 Å². The number of aryl methyl sites for hydroxylation is 1. The van der Waals surface area contributed by atoms with Gasteiger partial charge in [-0.15, -0.1) is 0 Å². The monoisotopic (exact) mass is 484 g/mol. The van der Waals surface area contributed by atoms with E-state index >= 15 is 0 Å². The number of hydrogen-bond donors (Lipinski definition) is 1. The van der Waals surface area contributed by atoms with Crippen LogP contribution in [0.2, 0.25) is 0 Å². The number of nitrogens with zero attached hydrogens (tertiary/aromatic N) is 3. The summed E-state index contributed by atoms with van der Waals surface area (Å²) in [7, 11) is 0. The van der Waals surface area contributed by atoms with E-state index in [0.29, 0.717) is 19.5 Å². The van der Waals surface area contributed by atoms with Gasteiger partial charge in [-0.3, -0.25) is 9.69 Å². The Morgan fingerprint density at radius 3 is 2.00 bits per heavy atom. The second kappa shape index (κ2) is 12.9. The first-order chi connectivity index (χ1) is 17.6. The molecule has 1 saturated heterocycles. The van der Waals surface area contributed by atoms with Crippen molar-refractivity contribution in [3.63, 3.8) is 0 Å². The molecule has 0 aromatic heterocycles. The molecule has 4 rings (SSSR count). The Labute approximate surface area is 214 Å². The van der Waals surface area contributed by atoms with Crippen molar-refractivity contribution in [3.05, 3.63) is 102 Å². The Kier molecular flexibility index (Phi) is 9.11. The third kappa shape index (κ3) is 7.43. The van der Waals surface area contributed by atoms with Crippen LogP contribution in [0.1, 0.15) is 30.0 Å². The molecular weight excluding hydrogens is 448 g/mol. The van der Waals surface area contributed by atoms with Gasteiger partial charge in [0, 0.05) is 57.9 Å². The van der Waals surface area contributed by atoms with Crippen molar-refractivity contribution in [2.45, 2.75) is 32.9 Å². The minimum atomic E-state index is -0.191. The van der Waals surface area contributed by atoms with E-state index in [-0.39, 0.29) is 11.9 Å². The van der Waals surface area contributed by atoms with Crippen LogP contribution in [-0.4, -0.2) is 59.4 Å². The number of amides is 3. The van der Waals surface area contributed by atoms with Crippen LogP contribution >= 0.6 is 0 Å². The van der Waals surface area contributed by atoms with Crippen molar-refractivity contribution in [2.75, 3.05) is 38.0 Å². The van der Waals surface area contributed by atoms with Crippen LogP contribution in [0, 0.1) is 0 Å². The normalized spacial score (nSPS) is 13.9. The Morgan fingerprint density at radius 2 is 1.39 bits per heavy atom. The lowest BCUT2D eigenvalue weighted by Gasteiger charge is -2.35. The predicted molar refractivity (Wildman–Crippen MR) is 145 cm³/mol. The van der Waals surface area contributed by atoms with Crippen LogP contribution in [-0.2, 0) is 24.3 Å². The summed E-state index contributed by atoms with van der Waals surface area (Å²) in [6.07, 6.45) is 1.27. The molecule has 0 unspecified atom stereocenters. The fraction of sp³-hybridized carbons (Fsp3) is 0.333. The van der Waals surface area contributed by atoms with E-state index in [1.54, 1.807) is 4.90 Å². The van der Waals surface area contributed by atoms with Crippen LogP contribution in [0.25, 0.3) is 0 Å². The van der Waals surface area contributed by atoms with E-state index in [1.807, 2.05) is 65.6 Å². The van der Waals surface area contributed by atoms with E-state index < -0.39 is 0 Å². The molecule has 1 heterocycles. The first-order valence-corrected chi connectivity index (χ1v) is 12.8. The fourth-order valence-electron chi connectivity index (χ4n) is 4.47. The van der Waals surface area contributed by atoms with Gasteiger partial charge in [-0.25, -0.2) is 4.79 Å². The number of rotatable bonds is 9. The van der Waals surface area contributed by atoms with Crippen molar-refractivity contribution in [2.24, 2.45) is 0 Å². The number of benzene rings is 3. The predicted octanol–water partition coefficient (Wildman–Crippen LogP) is 5.02. The first kappa shape index (κ1) is 25.5. The maximum absolute atomic E-state index is 13.2. The van der Waals surface area contributed by atoms with Crippen molar-refractivity contribution in [1.82, 2.24) is 14.7 Å². The maximum Gasteiger partial charge on any atom is 0.322 e. The van der Waals surface area contributed by atoms with E-state index in [1.165, 1.54) is 11.1 Å². The SMILES string of the molecule is CCc1ccc(NC(=O)N(CCC(=O)N2CCN(Cc3ccccc3)CC2)Cc2ccccc2)cc1. The molecule has 1 fully saturated rings. The minimum absolute atomic E-state index is 0.104. The van der Waals surface area contributed by atoms with Gasteiger partial charge in [0.2, 0.25) is 5.91 Å². The molecule has 36 heavy (non-hydrogen) atoms. The molecule has 0 spiro atoms. The third-order valence-corrected chi connectivity index (χ3v) is 6.69. The molecule has 3 aromatic rings. The van der Waals surface area contributed by atoms with Gasteiger partial charge in [0.05, 0.1) is 0 Å². The second-order valence-corrected chi connectivity index (χ2v) is 9.28. The number of anilines is 1. The molecule has 0 atom stereocenters. The number of hydrogen-bond acceptors (Lipinski definition) is 3. The van der Waals surface area contributed by atoms with Crippen molar-refractivity contribution in [1.29, 1.82) is 0 Å². The summed E-state index contributed by atoms with van der Waals surface area (Å²) in [6, 6.07) is 28.1. The average Bonchev–Trinajstić information content (AvgIpc) is 2.93. The van der Waals surface area contributed by atoms with Gasteiger partial charge < -0.3 is 15.1 Å². The summed E-state index contributed by atoms with van der Waals surface area (Å²) in [5.74, 6) is 0.104. The Morgan fingerprint density at radius 1 is 0.778 bits per heavy atom. The smallest absolute Gasteiger partial charge is 0.322 e. The minimum Gasteiger partial charge on any atom is -0.340 e. The number of piperazine rings is 1. The van der Waals surface area contributed by atoms with Gasteiger partial charge in [0.25, 0.3) is 0 Å². The summed E-state index contributed by atoms with van der Waals surface area (Å²) >= 11 is 0.